The van der Waals surface area contributed by atoms with Gasteiger partial charge >= 0.3 is 6.09 Å². The molecule has 1 rings (SSSR count). The van der Waals surface area contributed by atoms with Crippen molar-refractivity contribution in [1.29, 1.82) is 0 Å². The van der Waals surface area contributed by atoms with Gasteiger partial charge in [0.25, 0.3) is 0 Å². The lowest BCUT2D eigenvalue weighted by molar-refractivity contribution is -0.185. The molecule has 6 nitrogen and oxygen atoms in total. The number of nitrogens with two attached hydrogens (primary N) is 1. The normalized spacial score (nSPS) is 27.2. The predicted octanol–water partition coefficient (Wildman–Crippen LogP) is 0.169. The Morgan fingerprint density at radius 3 is 2.40 bits per heavy atom. The number of carbonyl (C=O) groups is 1. The van der Waals surface area contributed by atoms with Crippen LogP contribution in [0.5, 0.6) is 0 Å². The first-order chi connectivity index (χ1) is 6.87. The third-order valence-corrected chi connectivity index (χ3v) is 1.64. The molecule has 0 saturated carbocycles. The molecule has 0 aliphatic carbocycles. The minimum Gasteiger partial charge on any atom is -0.444 e. The third kappa shape index (κ3) is 4.96. The summed E-state index contributed by atoms with van der Waals surface area (Å²) in [6, 6.07) is -0.209. The third-order valence-electron chi connectivity index (χ3n) is 1.64. The molecule has 0 spiro atoms. The fourth-order valence-corrected chi connectivity index (χ4v) is 1.08. The summed E-state index contributed by atoms with van der Waals surface area (Å²) in [6.07, 6.45) is -1.17. The monoisotopic (exact) mass is 218 g/mol. The highest BCUT2D eigenvalue weighted by Crippen LogP contribution is 2.07. The van der Waals surface area contributed by atoms with E-state index < -0.39 is 18.1 Å². The van der Waals surface area contributed by atoms with Crippen LogP contribution in [0.3, 0.4) is 0 Å². The molecule has 0 aromatic rings. The zero-order chi connectivity index (χ0) is 11.5. The minimum absolute atomic E-state index is 0.209. The van der Waals surface area contributed by atoms with E-state index >= 15 is 0 Å². The van der Waals surface area contributed by atoms with Crippen molar-refractivity contribution in [3.8, 4) is 0 Å². The van der Waals surface area contributed by atoms with Crippen molar-refractivity contribution < 1.29 is 19.0 Å². The van der Waals surface area contributed by atoms with Crippen LogP contribution in [0, 0.1) is 0 Å². The first-order valence-electron chi connectivity index (χ1n) is 4.85. The maximum absolute atomic E-state index is 11.3. The molecular formula is C9H18N2O4. The molecule has 3 N–H and O–H groups in total. The highest BCUT2D eigenvalue weighted by atomic mass is 16.7. The van der Waals surface area contributed by atoms with E-state index in [1.807, 2.05) is 0 Å². The molecule has 6 heteroatoms. The Kier molecular flexibility index (Phi) is 3.90. The molecule has 0 unspecified atom stereocenters. The molecule has 1 amide bonds. The second kappa shape index (κ2) is 4.78. The Morgan fingerprint density at radius 2 is 1.93 bits per heavy atom. The molecule has 1 heterocycles. The van der Waals surface area contributed by atoms with E-state index in [9.17, 15) is 4.79 Å². The number of ether oxygens (including phenoxy) is 3. The summed E-state index contributed by atoms with van der Waals surface area (Å²) in [5.74, 6) is 0. The largest absolute Gasteiger partial charge is 0.444 e. The maximum atomic E-state index is 11.3. The van der Waals surface area contributed by atoms with Crippen LogP contribution in [-0.4, -0.2) is 37.4 Å². The van der Waals surface area contributed by atoms with E-state index in [2.05, 4.69) is 5.32 Å². The molecule has 0 aromatic heterocycles. The van der Waals surface area contributed by atoms with Gasteiger partial charge in [0, 0.05) is 0 Å². The number of amides is 1. The quantitative estimate of drug-likeness (QED) is 0.655. The van der Waals surface area contributed by atoms with Gasteiger partial charge in [-0.15, -0.1) is 0 Å². The summed E-state index contributed by atoms with van der Waals surface area (Å²) in [6.45, 7) is 6.07. The van der Waals surface area contributed by atoms with E-state index in [0.29, 0.717) is 13.2 Å². The standard InChI is InChI=1S/C9H18N2O4/c1-9(2,3)15-8(12)11-6-4-13-7(10)14-5-6/h6-7H,4-5,10H2,1-3H3,(H,11,12)/t6-,7+. The van der Waals surface area contributed by atoms with E-state index in [0.717, 1.165) is 0 Å². The average Bonchev–Trinajstić information content (AvgIpc) is 2.05. The average molecular weight is 218 g/mol. The smallest absolute Gasteiger partial charge is 0.408 e. The molecule has 1 saturated heterocycles. The SMILES string of the molecule is CC(C)(C)OC(=O)N[C@H]1CO[C@@H](N)OC1. The van der Waals surface area contributed by atoms with Crippen molar-refractivity contribution in [2.24, 2.45) is 5.73 Å². The van der Waals surface area contributed by atoms with Crippen molar-refractivity contribution in [3.05, 3.63) is 0 Å². The van der Waals surface area contributed by atoms with Gasteiger partial charge in [0.2, 0.25) is 6.41 Å². The van der Waals surface area contributed by atoms with Gasteiger partial charge in [-0.1, -0.05) is 0 Å². The van der Waals surface area contributed by atoms with Crippen molar-refractivity contribution in [3.63, 3.8) is 0 Å². The molecule has 0 atom stereocenters. The number of nitrogens with one attached hydrogen (secondary N) is 1. The van der Waals surface area contributed by atoms with Crippen LogP contribution < -0.4 is 11.1 Å². The number of hydrogen-bond acceptors (Lipinski definition) is 5. The van der Waals surface area contributed by atoms with E-state index in [4.69, 9.17) is 19.9 Å². The highest BCUT2D eigenvalue weighted by Gasteiger charge is 2.23. The van der Waals surface area contributed by atoms with Gasteiger partial charge in [-0.3, -0.25) is 5.73 Å². The Hall–Kier alpha value is -0.850. The van der Waals surface area contributed by atoms with Crippen molar-refractivity contribution in [2.45, 2.75) is 38.8 Å². The van der Waals surface area contributed by atoms with Crippen LogP contribution in [0.15, 0.2) is 0 Å². The van der Waals surface area contributed by atoms with Crippen LogP contribution in [0.2, 0.25) is 0 Å². The van der Waals surface area contributed by atoms with E-state index in [-0.39, 0.29) is 6.04 Å². The maximum Gasteiger partial charge on any atom is 0.408 e. The van der Waals surface area contributed by atoms with Crippen LogP contribution in [0.1, 0.15) is 20.8 Å². The van der Waals surface area contributed by atoms with E-state index in [1.54, 1.807) is 20.8 Å². The number of alkyl carbamates (subject to hydrolysis) is 1. The number of hydrogen-bond donors (Lipinski definition) is 2. The molecule has 15 heavy (non-hydrogen) atoms. The lowest BCUT2D eigenvalue weighted by Gasteiger charge is -2.28. The first kappa shape index (κ1) is 12.2. The highest BCUT2D eigenvalue weighted by molar-refractivity contribution is 5.68. The Balaban J connectivity index is 2.27. The molecule has 0 radical (unpaired) electrons. The molecule has 1 fully saturated rings. The fraction of sp³-hybridized carbons (Fsp3) is 0.889. The van der Waals surface area contributed by atoms with Gasteiger partial charge in [0.1, 0.15) is 5.60 Å². The van der Waals surface area contributed by atoms with Gasteiger partial charge in [-0.05, 0) is 20.8 Å². The summed E-state index contributed by atoms with van der Waals surface area (Å²) in [4.78, 5) is 11.3. The van der Waals surface area contributed by atoms with Gasteiger partial charge < -0.3 is 19.5 Å². The zero-order valence-corrected chi connectivity index (χ0v) is 9.28. The second-order valence-electron chi connectivity index (χ2n) is 4.38. The van der Waals surface area contributed by atoms with Crippen molar-refractivity contribution >= 4 is 6.09 Å². The summed E-state index contributed by atoms with van der Waals surface area (Å²) in [5, 5.41) is 2.63. The Bertz CT molecular complexity index is 219. The minimum atomic E-state index is -0.693. The molecular weight excluding hydrogens is 200 g/mol. The van der Waals surface area contributed by atoms with Crippen LogP contribution in [0.25, 0.3) is 0 Å². The van der Waals surface area contributed by atoms with E-state index in [1.165, 1.54) is 0 Å². The zero-order valence-electron chi connectivity index (χ0n) is 9.28. The van der Waals surface area contributed by atoms with Gasteiger partial charge in [0.15, 0.2) is 0 Å². The molecule has 0 aromatic carbocycles. The first-order valence-corrected chi connectivity index (χ1v) is 4.85. The predicted molar refractivity (Wildman–Crippen MR) is 53.0 cm³/mol. The van der Waals surface area contributed by atoms with Gasteiger partial charge in [-0.25, -0.2) is 4.79 Å². The molecule has 1 aliphatic heterocycles. The summed E-state index contributed by atoms with van der Waals surface area (Å²) in [5.41, 5.74) is 4.84. The summed E-state index contributed by atoms with van der Waals surface area (Å²) < 4.78 is 15.1. The molecule has 88 valence electrons. The topological polar surface area (TPSA) is 82.8 Å². The van der Waals surface area contributed by atoms with Gasteiger partial charge in [0.05, 0.1) is 19.3 Å². The number of rotatable bonds is 1. The fourth-order valence-electron chi connectivity index (χ4n) is 1.08. The summed E-state index contributed by atoms with van der Waals surface area (Å²) >= 11 is 0. The number of carbonyl (C=O) groups excluding carboxylic acids is 1. The van der Waals surface area contributed by atoms with Crippen molar-refractivity contribution in [1.82, 2.24) is 5.32 Å². The molecule has 0 bridgehead atoms. The molecule has 1 aliphatic rings. The Morgan fingerprint density at radius 1 is 1.40 bits per heavy atom. The second-order valence-corrected chi connectivity index (χ2v) is 4.38. The van der Waals surface area contributed by atoms with Crippen LogP contribution in [-0.2, 0) is 14.2 Å². The summed E-state index contributed by atoms with van der Waals surface area (Å²) in [7, 11) is 0. The Labute approximate surface area is 89.0 Å². The van der Waals surface area contributed by atoms with Crippen LogP contribution >= 0.6 is 0 Å². The van der Waals surface area contributed by atoms with Crippen molar-refractivity contribution in [2.75, 3.05) is 13.2 Å². The van der Waals surface area contributed by atoms with Crippen LogP contribution in [0.4, 0.5) is 4.79 Å². The lowest BCUT2D eigenvalue weighted by atomic mass is 10.2. The lowest BCUT2D eigenvalue weighted by Crippen LogP contribution is -2.50. The van der Waals surface area contributed by atoms with Gasteiger partial charge in [-0.2, -0.15) is 0 Å².